The highest BCUT2D eigenvalue weighted by atomic mass is 16.5. The van der Waals surface area contributed by atoms with Crippen LogP contribution in [0.4, 0.5) is 0 Å². The first-order valence-electron chi connectivity index (χ1n) is 15.1. The van der Waals surface area contributed by atoms with E-state index in [0.29, 0.717) is 0 Å². The molecule has 6 aromatic carbocycles. The predicted molar refractivity (Wildman–Crippen MR) is 180 cm³/mol. The molecule has 0 N–H and O–H groups in total. The van der Waals surface area contributed by atoms with E-state index < -0.39 is 0 Å². The Hall–Kier alpha value is -4.92. The van der Waals surface area contributed by atoms with Gasteiger partial charge in [0.25, 0.3) is 0 Å². The van der Waals surface area contributed by atoms with Crippen molar-refractivity contribution in [1.29, 1.82) is 0 Å². The lowest BCUT2D eigenvalue weighted by atomic mass is 9.88. The number of rotatable bonds is 6. The Labute approximate surface area is 252 Å². The lowest BCUT2D eigenvalue weighted by Crippen LogP contribution is -2.43. The van der Waals surface area contributed by atoms with Crippen molar-refractivity contribution in [1.82, 2.24) is 4.57 Å². The fraction of sp³-hybridized carbons (Fsp3) is 0.122. The van der Waals surface area contributed by atoms with Crippen molar-refractivity contribution in [2.24, 2.45) is 5.41 Å². The molecule has 0 amide bonds. The Kier molecular flexibility index (Phi) is 6.24. The molecule has 7 aromatic rings. The molecule has 2 heteroatoms. The molecule has 0 atom stereocenters. The van der Waals surface area contributed by atoms with Crippen molar-refractivity contribution in [2.45, 2.75) is 13.5 Å². The van der Waals surface area contributed by atoms with Gasteiger partial charge in [-0.3, -0.25) is 0 Å². The van der Waals surface area contributed by atoms with Crippen LogP contribution in [0.25, 0.3) is 66.3 Å². The summed E-state index contributed by atoms with van der Waals surface area (Å²) in [5.41, 5.74) is 12.6. The van der Waals surface area contributed by atoms with Gasteiger partial charge >= 0.3 is 0 Å². The molecule has 1 fully saturated rings. The molecule has 208 valence electrons. The lowest BCUT2D eigenvalue weighted by molar-refractivity contribution is -0.109. The molecule has 2 nitrogen and oxygen atoms in total. The summed E-state index contributed by atoms with van der Waals surface area (Å²) < 4.78 is 8.15. The Morgan fingerprint density at radius 2 is 0.814 bits per heavy atom. The van der Waals surface area contributed by atoms with Crippen LogP contribution < -0.4 is 0 Å². The van der Waals surface area contributed by atoms with E-state index in [4.69, 9.17) is 4.74 Å². The molecule has 0 saturated carbocycles. The number of fused-ring (bicyclic) bond motifs is 3. The van der Waals surface area contributed by atoms with Crippen LogP contribution in [0, 0.1) is 5.41 Å². The second-order valence-electron chi connectivity index (χ2n) is 12.2. The van der Waals surface area contributed by atoms with Gasteiger partial charge in [-0.1, -0.05) is 128 Å². The average molecular weight is 556 g/mol. The van der Waals surface area contributed by atoms with Gasteiger partial charge < -0.3 is 9.30 Å². The van der Waals surface area contributed by atoms with Crippen molar-refractivity contribution in [2.75, 3.05) is 13.2 Å². The average Bonchev–Trinajstić information content (AvgIpc) is 3.36. The first-order valence-corrected chi connectivity index (χ1v) is 15.1. The van der Waals surface area contributed by atoms with Crippen LogP contribution >= 0.6 is 0 Å². The zero-order valence-corrected chi connectivity index (χ0v) is 24.3. The molecule has 2 heterocycles. The van der Waals surface area contributed by atoms with E-state index in [0.717, 1.165) is 19.8 Å². The third-order valence-corrected chi connectivity index (χ3v) is 8.96. The van der Waals surface area contributed by atoms with Crippen LogP contribution in [0.1, 0.15) is 6.92 Å². The van der Waals surface area contributed by atoms with Crippen molar-refractivity contribution in [3.8, 4) is 44.5 Å². The van der Waals surface area contributed by atoms with E-state index in [1.165, 1.54) is 66.3 Å². The molecule has 1 aliphatic rings. The summed E-state index contributed by atoms with van der Waals surface area (Å²) in [6, 6.07) is 53.0. The van der Waals surface area contributed by atoms with Crippen molar-refractivity contribution in [3.63, 3.8) is 0 Å². The lowest BCUT2D eigenvalue weighted by Gasteiger charge is -2.38. The number of nitrogens with zero attached hydrogens (tertiary/aromatic N) is 1. The highest BCUT2D eigenvalue weighted by molar-refractivity contribution is 6.10. The maximum absolute atomic E-state index is 5.63. The zero-order valence-electron chi connectivity index (χ0n) is 24.3. The normalized spacial score (nSPS) is 14.2. The summed E-state index contributed by atoms with van der Waals surface area (Å²) in [5, 5.41) is 2.59. The molecule has 0 spiro atoms. The topological polar surface area (TPSA) is 14.2 Å². The third-order valence-electron chi connectivity index (χ3n) is 8.96. The van der Waals surface area contributed by atoms with Gasteiger partial charge in [0, 0.05) is 33.8 Å². The van der Waals surface area contributed by atoms with E-state index in [2.05, 4.69) is 157 Å². The van der Waals surface area contributed by atoms with E-state index in [9.17, 15) is 0 Å². The van der Waals surface area contributed by atoms with Crippen molar-refractivity contribution < 1.29 is 4.74 Å². The van der Waals surface area contributed by atoms with E-state index in [1.54, 1.807) is 0 Å². The Morgan fingerprint density at radius 1 is 0.465 bits per heavy atom. The second kappa shape index (κ2) is 10.4. The standard InChI is InChI=1S/C41H33NO/c1-41(27-43-28-41)26-42-39-22-20-35(33-16-12-31(13-17-33)29-8-4-2-5-9-29)24-37(39)38-25-36(21-23-40(38)42)34-18-14-32(15-19-34)30-10-6-3-7-11-30/h2-25H,26-28H2,1H3. The van der Waals surface area contributed by atoms with Gasteiger partial charge in [-0.2, -0.15) is 0 Å². The molecule has 1 saturated heterocycles. The molecule has 0 unspecified atom stereocenters. The van der Waals surface area contributed by atoms with Crippen LogP contribution in [0.2, 0.25) is 0 Å². The van der Waals surface area contributed by atoms with E-state index in [-0.39, 0.29) is 5.41 Å². The molecule has 1 aliphatic heterocycles. The van der Waals surface area contributed by atoms with Gasteiger partial charge in [-0.15, -0.1) is 0 Å². The Bertz CT molecular complexity index is 1910. The minimum Gasteiger partial charge on any atom is -0.380 e. The summed E-state index contributed by atoms with van der Waals surface area (Å²) in [7, 11) is 0. The van der Waals surface area contributed by atoms with Gasteiger partial charge in [-0.25, -0.2) is 0 Å². The molecular formula is C41H33NO. The number of benzene rings is 6. The zero-order chi connectivity index (χ0) is 28.8. The molecule has 1 aromatic heterocycles. The summed E-state index contributed by atoms with van der Waals surface area (Å²) in [6.45, 7) is 4.90. The number of hydrogen-bond acceptors (Lipinski definition) is 1. The van der Waals surface area contributed by atoms with Gasteiger partial charge in [0.15, 0.2) is 0 Å². The Morgan fingerprint density at radius 3 is 1.19 bits per heavy atom. The van der Waals surface area contributed by atoms with Crippen LogP contribution in [-0.2, 0) is 11.3 Å². The summed E-state index contributed by atoms with van der Waals surface area (Å²) in [5.74, 6) is 0. The molecular weight excluding hydrogens is 522 g/mol. The first kappa shape index (κ1) is 25.8. The molecule has 0 bridgehead atoms. The summed E-state index contributed by atoms with van der Waals surface area (Å²) >= 11 is 0. The van der Waals surface area contributed by atoms with Crippen molar-refractivity contribution in [3.05, 3.63) is 146 Å². The molecule has 8 rings (SSSR count). The van der Waals surface area contributed by atoms with Gasteiger partial charge in [0.2, 0.25) is 0 Å². The number of hydrogen-bond donors (Lipinski definition) is 0. The predicted octanol–water partition coefficient (Wildman–Crippen LogP) is 10.5. The van der Waals surface area contributed by atoms with Crippen LogP contribution in [0.15, 0.2) is 146 Å². The third kappa shape index (κ3) is 4.74. The molecule has 0 aliphatic carbocycles. The second-order valence-corrected chi connectivity index (χ2v) is 12.2. The summed E-state index contributed by atoms with van der Waals surface area (Å²) in [4.78, 5) is 0. The fourth-order valence-corrected chi connectivity index (χ4v) is 6.53. The highest BCUT2D eigenvalue weighted by Gasteiger charge is 2.34. The summed E-state index contributed by atoms with van der Waals surface area (Å²) in [6.07, 6.45) is 0. The van der Waals surface area contributed by atoms with E-state index >= 15 is 0 Å². The number of ether oxygens (including phenoxy) is 1. The quantitative estimate of drug-likeness (QED) is 0.199. The number of aromatic nitrogens is 1. The minimum absolute atomic E-state index is 0.163. The molecule has 43 heavy (non-hydrogen) atoms. The minimum atomic E-state index is 0.163. The van der Waals surface area contributed by atoms with E-state index in [1.807, 2.05) is 0 Å². The first-order chi connectivity index (χ1) is 21.1. The SMILES string of the molecule is CC1(Cn2c3ccc(-c4ccc(-c5ccccc5)cc4)cc3c3cc(-c4ccc(-c5ccccc5)cc4)ccc32)COC1. The fourth-order valence-electron chi connectivity index (χ4n) is 6.53. The van der Waals surface area contributed by atoms with Crippen LogP contribution in [0.3, 0.4) is 0 Å². The molecule has 0 radical (unpaired) electrons. The highest BCUT2D eigenvalue weighted by Crippen LogP contribution is 2.39. The Balaban J connectivity index is 1.22. The van der Waals surface area contributed by atoms with Gasteiger partial charge in [0.05, 0.1) is 13.2 Å². The van der Waals surface area contributed by atoms with Crippen molar-refractivity contribution >= 4 is 21.8 Å². The smallest absolute Gasteiger partial charge is 0.0559 e. The van der Waals surface area contributed by atoms with Gasteiger partial charge in [-0.05, 0) is 68.8 Å². The van der Waals surface area contributed by atoms with Crippen LogP contribution in [0.5, 0.6) is 0 Å². The van der Waals surface area contributed by atoms with Gasteiger partial charge in [0.1, 0.15) is 0 Å². The maximum atomic E-state index is 5.63. The maximum Gasteiger partial charge on any atom is 0.0559 e. The largest absolute Gasteiger partial charge is 0.380 e. The monoisotopic (exact) mass is 555 g/mol. The van der Waals surface area contributed by atoms with Crippen LogP contribution in [-0.4, -0.2) is 17.8 Å².